The van der Waals surface area contributed by atoms with Crippen LogP contribution in [0.4, 0.5) is 4.39 Å². The summed E-state index contributed by atoms with van der Waals surface area (Å²) in [6, 6.07) is 15.2. The number of thioether (sulfide) groups is 1. The fourth-order valence-corrected chi connectivity index (χ4v) is 6.24. The molecule has 1 heterocycles. The Morgan fingerprint density at radius 2 is 1.71 bits per heavy atom. The predicted octanol–water partition coefficient (Wildman–Crippen LogP) is 4.65. The van der Waals surface area contributed by atoms with Gasteiger partial charge in [0.15, 0.2) is 0 Å². The summed E-state index contributed by atoms with van der Waals surface area (Å²) < 4.78 is 13.4. The minimum absolute atomic E-state index is 0.00252. The standard InChI is InChI=1S/C25H29FN2O2S/c26-21-13-11-19(12-14-21)24(30)28-22(17-31-25(28)20-9-5-2-6-10-20)23(29)27-16-15-18-7-3-1-4-8-18/h1,3-4,7-8,11-14,20,22,25H,2,5-6,9-10,15-17H2,(H,27,29). The molecule has 0 radical (unpaired) electrons. The first-order chi connectivity index (χ1) is 15.1. The van der Waals surface area contributed by atoms with Gasteiger partial charge in [0.05, 0.1) is 5.37 Å². The predicted molar refractivity (Wildman–Crippen MR) is 122 cm³/mol. The highest BCUT2D eigenvalue weighted by Crippen LogP contribution is 2.41. The lowest BCUT2D eigenvalue weighted by Gasteiger charge is -2.35. The number of hydrogen-bond donors (Lipinski definition) is 1. The maximum absolute atomic E-state index is 13.4. The second-order valence-electron chi connectivity index (χ2n) is 8.38. The first-order valence-corrected chi connectivity index (χ1v) is 12.2. The van der Waals surface area contributed by atoms with Crippen molar-refractivity contribution in [1.29, 1.82) is 0 Å². The molecule has 31 heavy (non-hydrogen) atoms. The van der Waals surface area contributed by atoms with Gasteiger partial charge in [-0.1, -0.05) is 49.6 Å². The van der Waals surface area contributed by atoms with Crippen molar-refractivity contribution >= 4 is 23.6 Å². The van der Waals surface area contributed by atoms with E-state index in [0.717, 1.165) is 19.3 Å². The summed E-state index contributed by atoms with van der Waals surface area (Å²) in [5.41, 5.74) is 1.61. The molecule has 2 aliphatic rings. The molecule has 2 amide bonds. The van der Waals surface area contributed by atoms with E-state index in [4.69, 9.17) is 0 Å². The fourth-order valence-electron chi connectivity index (χ4n) is 4.60. The Kier molecular flexibility index (Phi) is 7.28. The second kappa shape index (κ2) is 10.3. The van der Waals surface area contributed by atoms with E-state index in [1.807, 2.05) is 30.3 Å². The number of hydrogen-bond acceptors (Lipinski definition) is 3. The van der Waals surface area contributed by atoms with E-state index >= 15 is 0 Å². The van der Waals surface area contributed by atoms with E-state index in [2.05, 4.69) is 5.32 Å². The minimum atomic E-state index is -0.495. The molecule has 2 aromatic carbocycles. The molecule has 0 spiro atoms. The average molecular weight is 441 g/mol. The van der Waals surface area contributed by atoms with Gasteiger partial charge in [-0.25, -0.2) is 4.39 Å². The Labute approximate surface area is 187 Å². The molecule has 1 aliphatic carbocycles. The molecule has 4 nitrogen and oxygen atoms in total. The zero-order valence-electron chi connectivity index (χ0n) is 17.6. The molecule has 0 aromatic heterocycles. The van der Waals surface area contributed by atoms with Gasteiger partial charge in [-0.15, -0.1) is 11.8 Å². The van der Waals surface area contributed by atoms with Gasteiger partial charge < -0.3 is 10.2 Å². The molecule has 2 atom stereocenters. The number of nitrogens with one attached hydrogen (secondary N) is 1. The summed E-state index contributed by atoms with van der Waals surface area (Å²) in [5.74, 6) is 0.364. The van der Waals surface area contributed by atoms with Crippen LogP contribution in [-0.2, 0) is 11.2 Å². The molecule has 1 saturated carbocycles. The molecule has 4 rings (SSSR count). The molecule has 2 fully saturated rings. The molecule has 6 heteroatoms. The van der Waals surface area contributed by atoms with Crippen LogP contribution in [0.3, 0.4) is 0 Å². The number of rotatable bonds is 6. The van der Waals surface area contributed by atoms with E-state index in [-0.39, 0.29) is 23.0 Å². The zero-order valence-corrected chi connectivity index (χ0v) is 18.5. The van der Waals surface area contributed by atoms with Crippen molar-refractivity contribution in [2.45, 2.75) is 49.9 Å². The lowest BCUT2D eigenvalue weighted by molar-refractivity contribution is -0.125. The Morgan fingerprint density at radius 3 is 2.42 bits per heavy atom. The maximum atomic E-state index is 13.4. The quantitative estimate of drug-likeness (QED) is 0.711. The van der Waals surface area contributed by atoms with E-state index in [1.165, 1.54) is 49.1 Å². The van der Waals surface area contributed by atoms with Crippen LogP contribution in [-0.4, -0.2) is 40.4 Å². The molecular formula is C25H29FN2O2S. The summed E-state index contributed by atoms with van der Waals surface area (Å²) in [5, 5.41) is 3.04. The van der Waals surface area contributed by atoms with Gasteiger partial charge >= 0.3 is 0 Å². The first kappa shape index (κ1) is 21.9. The summed E-state index contributed by atoms with van der Waals surface area (Å²) in [6.07, 6.45) is 6.52. The monoisotopic (exact) mass is 440 g/mol. The number of nitrogens with zero attached hydrogens (tertiary/aromatic N) is 1. The highest BCUT2D eigenvalue weighted by Gasteiger charge is 2.45. The van der Waals surface area contributed by atoms with E-state index in [1.54, 1.807) is 16.7 Å². The molecular weight excluding hydrogens is 411 g/mol. The van der Waals surface area contributed by atoms with Crippen LogP contribution in [0.2, 0.25) is 0 Å². The number of carbonyl (C=O) groups is 2. The largest absolute Gasteiger partial charge is 0.354 e. The topological polar surface area (TPSA) is 49.4 Å². The molecule has 1 N–H and O–H groups in total. The van der Waals surface area contributed by atoms with Crippen molar-refractivity contribution in [3.05, 3.63) is 71.5 Å². The van der Waals surface area contributed by atoms with Crippen LogP contribution in [0.1, 0.15) is 48.0 Å². The van der Waals surface area contributed by atoms with Crippen molar-refractivity contribution < 1.29 is 14.0 Å². The summed E-state index contributed by atoms with van der Waals surface area (Å²) in [7, 11) is 0. The maximum Gasteiger partial charge on any atom is 0.255 e. The van der Waals surface area contributed by atoms with Gasteiger partial charge in [-0.05, 0) is 55.0 Å². The van der Waals surface area contributed by atoms with Crippen LogP contribution in [0.25, 0.3) is 0 Å². The normalized spacial score (nSPS) is 21.8. The van der Waals surface area contributed by atoms with Gasteiger partial charge in [0.25, 0.3) is 5.91 Å². The van der Waals surface area contributed by atoms with Crippen LogP contribution in [0.15, 0.2) is 54.6 Å². The van der Waals surface area contributed by atoms with Crippen LogP contribution >= 0.6 is 11.8 Å². The van der Waals surface area contributed by atoms with Crippen molar-refractivity contribution in [3.8, 4) is 0 Å². The molecule has 0 bridgehead atoms. The molecule has 1 saturated heterocycles. The molecule has 2 aromatic rings. The summed E-state index contributed by atoms with van der Waals surface area (Å²) >= 11 is 1.72. The fraction of sp³-hybridized carbons (Fsp3) is 0.440. The molecule has 1 aliphatic heterocycles. The van der Waals surface area contributed by atoms with Crippen molar-refractivity contribution in [2.75, 3.05) is 12.3 Å². The van der Waals surface area contributed by atoms with Gasteiger partial charge in [0.2, 0.25) is 5.91 Å². The number of carbonyl (C=O) groups excluding carboxylic acids is 2. The van der Waals surface area contributed by atoms with Crippen LogP contribution in [0.5, 0.6) is 0 Å². The zero-order chi connectivity index (χ0) is 21.6. The lowest BCUT2D eigenvalue weighted by Crippen LogP contribution is -2.51. The third kappa shape index (κ3) is 5.29. The van der Waals surface area contributed by atoms with Gasteiger partial charge in [0.1, 0.15) is 11.9 Å². The molecule has 2 unspecified atom stereocenters. The Morgan fingerprint density at radius 1 is 1.00 bits per heavy atom. The third-order valence-electron chi connectivity index (χ3n) is 6.27. The lowest BCUT2D eigenvalue weighted by atomic mass is 9.88. The van der Waals surface area contributed by atoms with Crippen molar-refractivity contribution in [3.63, 3.8) is 0 Å². The van der Waals surface area contributed by atoms with E-state index < -0.39 is 6.04 Å². The summed E-state index contributed by atoms with van der Waals surface area (Å²) in [4.78, 5) is 28.3. The number of halogens is 1. The van der Waals surface area contributed by atoms with Crippen molar-refractivity contribution in [1.82, 2.24) is 10.2 Å². The summed E-state index contributed by atoms with van der Waals surface area (Å²) in [6.45, 7) is 0.538. The van der Waals surface area contributed by atoms with E-state index in [0.29, 0.717) is 23.8 Å². The SMILES string of the molecule is O=C(NCCc1ccccc1)C1CSC(C2CCCCC2)N1C(=O)c1ccc(F)cc1. The third-order valence-corrected chi connectivity index (χ3v) is 7.73. The Balaban J connectivity index is 1.48. The van der Waals surface area contributed by atoms with Gasteiger partial charge in [0, 0.05) is 17.9 Å². The minimum Gasteiger partial charge on any atom is -0.354 e. The molecule has 164 valence electrons. The van der Waals surface area contributed by atoms with Crippen molar-refractivity contribution in [2.24, 2.45) is 5.92 Å². The van der Waals surface area contributed by atoms with E-state index in [9.17, 15) is 14.0 Å². The van der Waals surface area contributed by atoms with Gasteiger partial charge in [-0.2, -0.15) is 0 Å². The van der Waals surface area contributed by atoms with Gasteiger partial charge in [-0.3, -0.25) is 9.59 Å². The van der Waals surface area contributed by atoms with Crippen LogP contribution < -0.4 is 5.32 Å². The van der Waals surface area contributed by atoms with Crippen LogP contribution in [0, 0.1) is 11.7 Å². The second-order valence-corrected chi connectivity index (χ2v) is 9.53. The average Bonchev–Trinajstić information content (AvgIpc) is 3.26. The highest BCUT2D eigenvalue weighted by molar-refractivity contribution is 8.00. The Bertz CT molecular complexity index is 884. The number of benzene rings is 2. The first-order valence-electron chi connectivity index (χ1n) is 11.1. The Hall–Kier alpha value is -2.34. The number of amides is 2. The smallest absolute Gasteiger partial charge is 0.255 e. The highest BCUT2D eigenvalue weighted by atomic mass is 32.2.